The number of aliphatic hydroxyl groups excluding tert-OH is 1. The minimum Gasteiger partial charge on any atom is -0.396 e. The SMILES string of the molecule is CCCN1CC=C[C@@]2(C)S[C@]34C=CCN(C(C)(C)C)C(=O)C3N(CCCCO)C(=O)[C@@H]4[C@H]2C1=O. The summed E-state index contributed by atoms with van der Waals surface area (Å²) < 4.78 is -1.35. The first-order valence-corrected chi connectivity index (χ1v) is 13.4. The quantitative estimate of drug-likeness (QED) is 0.458. The number of hydrogen-bond acceptors (Lipinski definition) is 5. The molecule has 2 saturated heterocycles. The summed E-state index contributed by atoms with van der Waals surface area (Å²) in [6.45, 7) is 12.3. The van der Waals surface area contributed by atoms with E-state index in [0.717, 1.165) is 6.42 Å². The zero-order valence-electron chi connectivity index (χ0n) is 21.1. The number of unbranched alkanes of at least 4 members (excludes halogenated alkanes) is 1. The van der Waals surface area contributed by atoms with Crippen LogP contribution in [-0.4, -0.2) is 91.4 Å². The molecule has 0 aliphatic carbocycles. The van der Waals surface area contributed by atoms with Gasteiger partial charge >= 0.3 is 0 Å². The van der Waals surface area contributed by atoms with Crippen LogP contribution in [-0.2, 0) is 14.4 Å². The number of amides is 3. The van der Waals surface area contributed by atoms with E-state index in [4.69, 9.17) is 0 Å². The summed E-state index contributed by atoms with van der Waals surface area (Å²) in [7, 11) is 0. The van der Waals surface area contributed by atoms with Crippen LogP contribution in [0.15, 0.2) is 24.3 Å². The largest absolute Gasteiger partial charge is 0.396 e. The van der Waals surface area contributed by atoms with Crippen molar-refractivity contribution in [2.45, 2.75) is 75.0 Å². The Hall–Kier alpha value is -1.80. The van der Waals surface area contributed by atoms with Crippen molar-refractivity contribution >= 4 is 29.5 Å². The Morgan fingerprint density at radius 1 is 1.00 bits per heavy atom. The summed E-state index contributed by atoms with van der Waals surface area (Å²) in [5, 5.41) is 9.33. The zero-order chi connectivity index (χ0) is 24.9. The van der Waals surface area contributed by atoms with Crippen molar-refractivity contribution in [3.63, 3.8) is 0 Å². The fraction of sp³-hybridized carbons (Fsp3) is 0.731. The van der Waals surface area contributed by atoms with E-state index in [1.165, 1.54) is 0 Å². The highest BCUT2D eigenvalue weighted by Crippen LogP contribution is 2.65. The molecule has 34 heavy (non-hydrogen) atoms. The van der Waals surface area contributed by atoms with Crippen molar-refractivity contribution in [1.29, 1.82) is 0 Å². The van der Waals surface area contributed by atoms with Crippen LogP contribution in [0.4, 0.5) is 0 Å². The molecule has 5 atom stereocenters. The number of rotatable bonds is 6. The Kier molecular flexibility index (Phi) is 6.70. The lowest BCUT2D eigenvalue weighted by Crippen LogP contribution is -2.57. The van der Waals surface area contributed by atoms with Gasteiger partial charge in [0.25, 0.3) is 0 Å². The summed E-state index contributed by atoms with van der Waals surface area (Å²) in [5.41, 5.74) is -0.393. The predicted octanol–water partition coefficient (Wildman–Crippen LogP) is 2.45. The second kappa shape index (κ2) is 9.01. The third-order valence-electron chi connectivity index (χ3n) is 7.75. The Morgan fingerprint density at radius 3 is 2.35 bits per heavy atom. The van der Waals surface area contributed by atoms with Gasteiger partial charge in [-0.15, -0.1) is 11.8 Å². The number of hydrogen-bond donors (Lipinski definition) is 1. The lowest BCUT2D eigenvalue weighted by molar-refractivity contribution is -0.146. The maximum Gasteiger partial charge on any atom is 0.247 e. The Balaban J connectivity index is 1.84. The van der Waals surface area contributed by atoms with Crippen molar-refractivity contribution in [2.75, 3.05) is 32.8 Å². The number of nitrogens with zero attached hydrogens (tertiary/aromatic N) is 3. The first-order valence-electron chi connectivity index (χ1n) is 12.6. The molecule has 8 heteroatoms. The Labute approximate surface area is 207 Å². The van der Waals surface area contributed by atoms with Crippen LogP contribution in [0.3, 0.4) is 0 Å². The number of thioether (sulfide) groups is 1. The molecule has 4 heterocycles. The lowest BCUT2D eigenvalue weighted by atomic mass is 9.74. The molecular weight excluding hydrogens is 450 g/mol. The number of carbonyl (C=O) groups excluding carboxylic acids is 3. The van der Waals surface area contributed by atoms with Gasteiger partial charge in [0.15, 0.2) is 0 Å². The van der Waals surface area contributed by atoms with Crippen LogP contribution >= 0.6 is 11.8 Å². The summed E-state index contributed by atoms with van der Waals surface area (Å²) in [5.74, 6) is -1.23. The maximum absolute atomic E-state index is 14.1. The second-order valence-corrected chi connectivity index (χ2v) is 13.0. The Bertz CT molecular complexity index is 912. The van der Waals surface area contributed by atoms with Gasteiger partial charge in [0.2, 0.25) is 17.7 Å². The van der Waals surface area contributed by atoms with E-state index >= 15 is 0 Å². The first-order chi connectivity index (χ1) is 16.0. The molecule has 1 unspecified atom stereocenters. The molecule has 2 fully saturated rings. The van der Waals surface area contributed by atoms with Crippen molar-refractivity contribution in [3.05, 3.63) is 24.3 Å². The molecule has 0 saturated carbocycles. The number of aliphatic hydroxyl groups is 1. The molecule has 0 aromatic heterocycles. The molecule has 4 rings (SSSR count). The van der Waals surface area contributed by atoms with Gasteiger partial charge in [0, 0.05) is 43.1 Å². The topological polar surface area (TPSA) is 81.2 Å². The van der Waals surface area contributed by atoms with Crippen molar-refractivity contribution in [2.24, 2.45) is 11.8 Å². The van der Waals surface area contributed by atoms with E-state index in [-0.39, 0.29) is 24.3 Å². The number of likely N-dealkylation sites (tertiary alicyclic amines) is 1. The van der Waals surface area contributed by atoms with Gasteiger partial charge in [-0.3, -0.25) is 14.4 Å². The average molecular weight is 490 g/mol. The zero-order valence-corrected chi connectivity index (χ0v) is 21.9. The van der Waals surface area contributed by atoms with Crippen molar-refractivity contribution < 1.29 is 19.5 Å². The van der Waals surface area contributed by atoms with E-state index in [0.29, 0.717) is 39.0 Å². The van der Waals surface area contributed by atoms with Crippen LogP contribution in [0.25, 0.3) is 0 Å². The lowest BCUT2D eigenvalue weighted by Gasteiger charge is -2.41. The van der Waals surface area contributed by atoms with Crippen LogP contribution in [0.1, 0.15) is 53.9 Å². The molecule has 7 nitrogen and oxygen atoms in total. The highest BCUT2D eigenvalue weighted by atomic mass is 32.2. The molecular formula is C26H39N3O4S. The van der Waals surface area contributed by atoms with E-state index in [1.54, 1.807) is 16.7 Å². The van der Waals surface area contributed by atoms with Gasteiger partial charge < -0.3 is 19.8 Å². The maximum atomic E-state index is 14.1. The van der Waals surface area contributed by atoms with Gasteiger partial charge in [-0.05, 0) is 47.0 Å². The third kappa shape index (κ3) is 3.81. The molecule has 0 aromatic rings. The van der Waals surface area contributed by atoms with Gasteiger partial charge in [0.05, 0.1) is 16.6 Å². The van der Waals surface area contributed by atoms with E-state index in [2.05, 4.69) is 32.1 Å². The van der Waals surface area contributed by atoms with Crippen molar-refractivity contribution in [1.82, 2.24) is 14.7 Å². The molecule has 4 aliphatic heterocycles. The number of fused-ring (bicyclic) bond motifs is 2. The van der Waals surface area contributed by atoms with E-state index < -0.39 is 32.9 Å². The Morgan fingerprint density at radius 2 is 1.71 bits per heavy atom. The normalized spacial score (nSPS) is 35.4. The molecule has 0 bridgehead atoms. The summed E-state index contributed by atoms with van der Waals surface area (Å²) in [6.07, 6.45) is 10.3. The van der Waals surface area contributed by atoms with Crippen LogP contribution < -0.4 is 0 Å². The fourth-order valence-corrected chi connectivity index (χ4v) is 8.44. The fourth-order valence-electron chi connectivity index (χ4n) is 6.28. The van der Waals surface area contributed by atoms with Crippen LogP contribution in [0.5, 0.6) is 0 Å². The highest BCUT2D eigenvalue weighted by molar-refractivity contribution is 8.02. The number of carbonyl (C=O) groups is 3. The molecule has 1 N–H and O–H groups in total. The summed E-state index contributed by atoms with van der Waals surface area (Å²) >= 11 is 1.63. The standard InChI is InChI=1S/C26H39N3O4S/c1-6-13-27-14-9-11-25(5)18(21(27)31)19-22(32)28(15-7-8-17-30)20-23(33)29(24(2,3)4)16-10-12-26(19,20)34-25/h9-12,18-20,30H,6-8,13-17H2,1-5H3/t18-,19-,20?,25+,26-/m0/s1. The molecule has 3 amide bonds. The van der Waals surface area contributed by atoms with Gasteiger partial charge in [-0.1, -0.05) is 31.2 Å². The van der Waals surface area contributed by atoms with Crippen LogP contribution in [0.2, 0.25) is 0 Å². The molecule has 0 aromatic carbocycles. The van der Waals surface area contributed by atoms with Gasteiger partial charge in [-0.2, -0.15) is 0 Å². The monoisotopic (exact) mass is 489 g/mol. The smallest absolute Gasteiger partial charge is 0.247 e. The minimum absolute atomic E-state index is 0.0193. The van der Waals surface area contributed by atoms with Gasteiger partial charge in [-0.25, -0.2) is 0 Å². The second-order valence-electron chi connectivity index (χ2n) is 11.2. The van der Waals surface area contributed by atoms with E-state index in [9.17, 15) is 19.5 Å². The minimum atomic E-state index is -0.790. The highest BCUT2D eigenvalue weighted by Gasteiger charge is 2.74. The van der Waals surface area contributed by atoms with Gasteiger partial charge in [0.1, 0.15) is 6.04 Å². The average Bonchev–Trinajstić information content (AvgIpc) is 3.01. The van der Waals surface area contributed by atoms with E-state index in [1.807, 2.05) is 36.6 Å². The molecule has 188 valence electrons. The predicted molar refractivity (Wildman–Crippen MR) is 134 cm³/mol. The summed E-state index contributed by atoms with van der Waals surface area (Å²) in [6, 6.07) is -0.656. The summed E-state index contributed by atoms with van der Waals surface area (Å²) in [4.78, 5) is 47.6. The third-order valence-corrected chi connectivity index (χ3v) is 9.55. The van der Waals surface area contributed by atoms with Crippen LogP contribution in [0, 0.1) is 11.8 Å². The first kappa shape index (κ1) is 25.3. The molecule has 0 radical (unpaired) electrons. The molecule has 1 spiro atoms. The van der Waals surface area contributed by atoms with Crippen molar-refractivity contribution in [3.8, 4) is 0 Å². The molecule has 4 aliphatic rings.